The van der Waals surface area contributed by atoms with Crippen LogP contribution in [0.3, 0.4) is 0 Å². The van der Waals surface area contributed by atoms with Crippen LogP contribution in [0.5, 0.6) is 0 Å². The van der Waals surface area contributed by atoms with Crippen LogP contribution in [-0.2, 0) is 4.74 Å². The highest BCUT2D eigenvalue weighted by Gasteiger charge is 2.58. The monoisotopic (exact) mass is 383 g/mol. The molecule has 1 aromatic carbocycles. The fraction of sp³-hybridized carbons (Fsp3) is 0.609. The van der Waals surface area contributed by atoms with Crippen LogP contribution < -0.4 is 0 Å². The second kappa shape index (κ2) is 7.27. The zero-order valence-corrected chi connectivity index (χ0v) is 16.9. The molecule has 0 spiro atoms. The second-order valence-electron chi connectivity index (χ2n) is 8.95. The van der Waals surface area contributed by atoms with Gasteiger partial charge < -0.3 is 4.74 Å². The van der Waals surface area contributed by atoms with Crippen molar-refractivity contribution in [2.75, 3.05) is 26.3 Å². The molecule has 28 heavy (non-hydrogen) atoms. The van der Waals surface area contributed by atoms with Crippen LogP contribution in [0.1, 0.15) is 50.8 Å². The van der Waals surface area contributed by atoms with Crippen molar-refractivity contribution in [2.24, 2.45) is 11.8 Å². The van der Waals surface area contributed by atoms with E-state index in [0.29, 0.717) is 11.5 Å². The predicted octanol–water partition coefficient (Wildman–Crippen LogP) is 4.48. The molecule has 150 valence electrons. The van der Waals surface area contributed by atoms with E-state index in [0.717, 1.165) is 49.8 Å². The van der Waals surface area contributed by atoms with E-state index in [2.05, 4.69) is 29.5 Å². The Hall–Kier alpha value is -1.72. The highest BCUT2D eigenvalue weighted by molar-refractivity contribution is 5.60. The smallest absolute Gasteiger partial charge is 0.132 e. The molecule has 4 nitrogen and oxygen atoms in total. The predicted molar refractivity (Wildman–Crippen MR) is 108 cm³/mol. The van der Waals surface area contributed by atoms with Gasteiger partial charge in [0.2, 0.25) is 0 Å². The van der Waals surface area contributed by atoms with E-state index >= 15 is 0 Å². The zero-order valence-electron chi connectivity index (χ0n) is 16.9. The lowest BCUT2D eigenvalue weighted by molar-refractivity contribution is 0.129. The normalized spacial score (nSPS) is 30.4. The van der Waals surface area contributed by atoms with Crippen LogP contribution in [0.15, 0.2) is 30.3 Å². The summed E-state index contributed by atoms with van der Waals surface area (Å²) < 4.78 is 22.1. The minimum absolute atomic E-state index is 0.193. The van der Waals surface area contributed by atoms with Crippen molar-refractivity contribution in [3.05, 3.63) is 41.8 Å². The highest BCUT2D eigenvalue weighted by Crippen LogP contribution is 2.64. The Morgan fingerprint density at radius 1 is 1.11 bits per heavy atom. The largest absolute Gasteiger partial charge is 0.380 e. The molecular weight excluding hydrogens is 353 g/mol. The van der Waals surface area contributed by atoms with Gasteiger partial charge in [0.05, 0.1) is 12.3 Å². The lowest BCUT2D eigenvalue weighted by Gasteiger charge is -2.28. The number of halogens is 1. The molecule has 3 fully saturated rings. The molecule has 2 saturated carbocycles. The average Bonchev–Trinajstić information content (AvgIpc) is 3.02. The van der Waals surface area contributed by atoms with Crippen LogP contribution in [0, 0.1) is 17.7 Å². The van der Waals surface area contributed by atoms with E-state index in [4.69, 9.17) is 9.84 Å². The number of nitrogens with zero attached hydrogens (tertiary/aromatic N) is 3. The number of aromatic nitrogens is 2. The topological polar surface area (TPSA) is 30.3 Å². The third-order valence-electron chi connectivity index (χ3n) is 6.94. The number of hydrogen-bond donors (Lipinski definition) is 0. The summed E-state index contributed by atoms with van der Waals surface area (Å²) in [6, 6.07) is 10.1. The molecule has 5 rings (SSSR count). The van der Waals surface area contributed by atoms with E-state index in [1.807, 2.05) is 12.1 Å². The Morgan fingerprint density at radius 2 is 1.89 bits per heavy atom. The van der Waals surface area contributed by atoms with Gasteiger partial charge in [-0.15, -0.1) is 0 Å². The Kier molecular flexibility index (Phi) is 4.76. The molecule has 5 heteroatoms. The first kappa shape index (κ1) is 18.3. The Bertz CT molecular complexity index is 828. The van der Waals surface area contributed by atoms with Crippen molar-refractivity contribution in [1.82, 2.24) is 14.7 Å². The van der Waals surface area contributed by atoms with Gasteiger partial charge in [0.15, 0.2) is 0 Å². The molecule has 0 amide bonds. The summed E-state index contributed by atoms with van der Waals surface area (Å²) in [5, 5.41) is 4.80. The minimum atomic E-state index is -0.193. The molecule has 2 heterocycles. The SMILES string of the molecule is CC(C)n1nc(-c2ccccc2F)cc1C1C2CC(N3CCCOCC3)CC21. The van der Waals surface area contributed by atoms with Crippen molar-refractivity contribution in [2.45, 2.75) is 51.1 Å². The molecule has 0 N–H and O–H groups in total. The molecule has 0 radical (unpaired) electrons. The molecule has 0 bridgehead atoms. The third kappa shape index (κ3) is 3.18. The van der Waals surface area contributed by atoms with Crippen LogP contribution in [-0.4, -0.2) is 47.0 Å². The fourth-order valence-electron chi connectivity index (χ4n) is 5.55. The molecule has 1 aliphatic heterocycles. The van der Waals surface area contributed by atoms with E-state index in [1.165, 1.54) is 31.1 Å². The molecule has 1 aromatic heterocycles. The molecular formula is C23H30FN3O. The van der Waals surface area contributed by atoms with Crippen molar-refractivity contribution in [1.29, 1.82) is 0 Å². The van der Waals surface area contributed by atoms with E-state index in [1.54, 1.807) is 6.07 Å². The molecule has 2 atom stereocenters. The summed E-state index contributed by atoms with van der Waals surface area (Å²) in [4.78, 5) is 2.65. The Balaban J connectivity index is 1.35. The third-order valence-corrected chi connectivity index (χ3v) is 6.94. The number of hydrogen-bond acceptors (Lipinski definition) is 3. The Morgan fingerprint density at radius 3 is 2.64 bits per heavy atom. The quantitative estimate of drug-likeness (QED) is 0.780. The summed E-state index contributed by atoms with van der Waals surface area (Å²) in [5.41, 5.74) is 2.69. The van der Waals surface area contributed by atoms with Gasteiger partial charge in [-0.1, -0.05) is 12.1 Å². The van der Waals surface area contributed by atoms with E-state index in [-0.39, 0.29) is 11.9 Å². The summed E-state index contributed by atoms with van der Waals surface area (Å²) in [6.45, 7) is 8.37. The van der Waals surface area contributed by atoms with Gasteiger partial charge in [0.1, 0.15) is 5.82 Å². The van der Waals surface area contributed by atoms with Crippen molar-refractivity contribution < 1.29 is 9.13 Å². The van der Waals surface area contributed by atoms with Crippen LogP contribution in [0.4, 0.5) is 4.39 Å². The molecule has 2 unspecified atom stereocenters. The molecule has 2 aromatic rings. The first-order valence-corrected chi connectivity index (χ1v) is 10.8. The van der Waals surface area contributed by atoms with Gasteiger partial charge in [-0.05, 0) is 63.1 Å². The number of rotatable bonds is 4. The van der Waals surface area contributed by atoms with Crippen molar-refractivity contribution >= 4 is 0 Å². The van der Waals surface area contributed by atoms with E-state index < -0.39 is 0 Å². The van der Waals surface area contributed by atoms with Crippen LogP contribution in [0.2, 0.25) is 0 Å². The van der Waals surface area contributed by atoms with E-state index in [9.17, 15) is 4.39 Å². The molecule has 3 aliphatic rings. The number of ether oxygens (including phenoxy) is 1. The van der Waals surface area contributed by atoms with Crippen molar-refractivity contribution in [3.63, 3.8) is 0 Å². The summed E-state index contributed by atoms with van der Waals surface area (Å²) in [6.07, 6.45) is 3.72. The van der Waals surface area contributed by atoms with Crippen LogP contribution >= 0.6 is 0 Å². The van der Waals surface area contributed by atoms with Gasteiger partial charge in [0, 0.05) is 49.0 Å². The van der Waals surface area contributed by atoms with Crippen LogP contribution in [0.25, 0.3) is 11.3 Å². The van der Waals surface area contributed by atoms with Gasteiger partial charge >= 0.3 is 0 Å². The highest BCUT2D eigenvalue weighted by atomic mass is 19.1. The van der Waals surface area contributed by atoms with Gasteiger partial charge in [0.25, 0.3) is 0 Å². The Labute approximate surface area is 166 Å². The lowest BCUT2D eigenvalue weighted by Crippen LogP contribution is -2.36. The lowest BCUT2D eigenvalue weighted by atomic mass is 10.0. The first-order chi connectivity index (χ1) is 13.6. The average molecular weight is 384 g/mol. The first-order valence-electron chi connectivity index (χ1n) is 10.8. The standard InChI is InChI=1S/C23H30FN3O/c1-15(2)27-22(14-21(25-27)17-6-3-4-7-20(17)24)23-18-12-16(13-19(18)23)26-8-5-10-28-11-9-26/h3-4,6-7,14-16,18-19,23H,5,8-13H2,1-2H3. The maximum Gasteiger partial charge on any atom is 0.132 e. The van der Waals surface area contributed by atoms with Gasteiger partial charge in [-0.3, -0.25) is 9.58 Å². The molecule has 1 saturated heterocycles. The summed E-state index contributed by atoms with van der Waals surface area (Å²) in [5.74, 6) is 1.92. The second-order valence-corrected chi connectivity index (χ2v) is 8.95. The summed E-state index contributed by atoms with van der Waals surface area (Å²) in [7, 11) is 0. The maximum absolute atomic E-state index is 14.3. The fourth-order valence-corrected chi connectivity index (χ4v) is 5.55. The summed E-state index contributed by atoms with van der Waals surface area (Å²) >= 11 is 0. The minimum Gasteiger partial charge on any atom is -0.380 e. The number of benzene rings is 1. The van der Waals surface area contributed by atoms with Gasteiger partial charge in [-0.2, -0.15) is 5.10 Å². The zero-order chi connectivity index (χ0) is 19.3. The maximum atomic E-state index is 14.3. The van der Waals surface area contributed by atoms with Gasteiger partial charge in [-0.25, -0.2) is 4.39 Å². The van der Waals surface area contributed by atoms with Crippen molar-refractivity contribution in [3.8, 4) is 11.3 Å². The number of fused-ring (bicyclic) bond motifs is 1. The molecule has 2 aliphatic carbocycles.